The summed E-state index contributed by atoms with van der Waals surface area (Å²) in [5.41, 5.74) is 3.74. The summed E-state index contributed by atoms with van der Waals surface area (Å²) >= 11 is 0. The van der Waals surface area contributed by atoms with E-state index in [2.05, 4.69) is 37.3 Å². The average molecular weight is 421 g/mol. The molecule has 1 aromatic carbocycles. The molecule has 3 aromatic rings. The minimum atomic E-state index is 0.167. The van der Waals surface area contributed by atoms with Crippen LogP contribution in [0.3, 0.4) is 0 Å². The molecule has 0 atom stereocenters. The second-order valence-electron chi connectivity index (χ2n) is 8.23. The number of hydrogen-bond donors (Lipinski definition) is 1. The molecule has 1 aliphatic carbocycles. The van der Waals surface area contributed by atoms with Gasteiger partial charge >= 0.3 is 0 Å². The number of hydrogen-bond acceptors (Lipinski definition) is 8. The molecular formula is C23H28N6O2. The van der Waals surface area contributed by atoms with Crippen LogP contribution in [-0.4, -0.2) is 58.4 Å². The molecule has 31 heavy (non-hydrogen) atoms. The van der Waals surface area contributed by atoms with E-state index in [1.807, 2.05) is 19.2 Å². The number of benzene rings is 1. The summed E-state index contributed by atoms with van der Waals surface area (Å²) in [7, 11) is 0. The molecule has 2 aliphatic rings. The van der Waals surface area contributed by atoms with Gasteiger partial charge in [-0.15, -0.1) is 0 Å². The van der Waals surface area contributed by atoms with Crippen molar-refractivity contribution in [1.29, 1.82) is 0 Å². The molecule has 0 unspecified atom stereocenters. The molecule has 1 saturated carbocycles. The Morgan fingerprint density at radius 2 is 1.81 bits per heavy atom. The van der Waals surface area contributed by atoms with E-state index in [1.165, 1.54) is 0 Å². The number of nitrogens with one attached hydrogen (secondary N) is 1. The van der Waals surface area contributed by atoms with Gasteiger partial charge in [0.25, 0.3) is 0 Å². The van der Waals surface area contributed by atoms with Gasteiger partial charge in [-0.05, 0) is 44.7 Å². The Kier molecular flexibility index (Phi) is 5.80. The number of aromatic nitrogens is 4. The van der Waals surface area contributed by atoms with Crippen molar-refractivity contribution in [2.75, 3.05) is 36.5 Å². The van der Waals surface area contributed by atoms with Gasteiger partial charge in [0.2, 0.25) is 5.95 Å². The minimum absolute atomic E-state index is 0.167. The molecule has 5 rings (SSSR count). The van der Waals surface area contributed by atoms with E-state index < -0.39 is 0 Å². The van der Waals surface area contributed by atoms with Crippen LogP contribution in [0.2, 0.25) is 0 Å². The van der Waals surface area contributed by atoms with E-state index in [4.69, 9.17) is 14.5 Å². The summed E-state index contributed by atoms with van der Waals surface area (Å²) in [5, 5.41) is 3.44. The Balaban J connectivity index is 1.31. The SMILES string of the molecule is Cc1cnc2cc(N3CCOCC3)cc(O[C@H]3CC[C@@H](Nc4ncccn4)CC3)c2n1. The predicted octanol–water partition coefficient (Wildman–Crippen LogP) is 3.37. The van der Waals surface area contributed by atoms with Gasteiger partial charge in [0.1, 0.15) is 11.3 Å². The largest absolute Gasteiger partial charge is 0.488 e. The lowest BCUT2D eigenvalue weighted by molar-refractivity contribution is 0.122. The predicted molar refractivity (Wildman–Crippen MR) is 120 cm³/mol. The molecule has 162 valence electrons. The van der Waals surface area contributed by atoms with Crippen LogP contribution in [0.1, 0.15) is 31.4 Å². The van der Waals surface area contributed by atoms with E-state index in [-0.39, 0.29) is 6.10 Å². The third kappa shape index (κ3) is 4.69. The molecule has 1 aliphatic heterocycles. The van der Waals surface area contributed by atoms with Gasteiger partial charge in [-0.25, -0.2) is 15.0 Å². The molecule has 8 nitrogen and oxygen atoms in total. The number of nitrogens with zero attached hydrogens (tertiary/aromatic N) is 5. The van der Waals surface area contributed by atoms with Gasteiger partial charge < -0.3 is 19.7 Å². The van der Waals surface area contributed by atoms with Crippen molar-refractivity contribution in [1.82, 2.24) is 19.9 Å². The van der Waals surface area contributed by atoms with Gasteiger partial charge in [0.05, 0.1) is 30.5 Å². The number of rotatable bonds is 5. The van der Waals surface area contributed by atoms with Crippen LogP contribution < -0.4 is 15.0 Å². The van der Waals surface area contributed by atoms with Crippen LogP contribution in [-0.2, 0) is 4.74 Å². The van der Waals surface area contributed by atoms with Crippen molar-refractivity contribution < 1.29 is 9.47 Å². The van der Waals surface area contributed by atoms with Crippen molar-refractivity contribution in [2.45, 2.75) is 44.8 Å². The lowest BCUT2D eigenvalue weighted by Gasteiger charge is -2.31. The topological polar surface area (TPSA) is 85.3 Å². The normalized spacial score (nSPS) is 21.8. The monoisotopic (exact) mass is 420 g/mol. The molecule has 0 spiro atoms. The maximum atomic E-state index is 6.53. The van der Waals surface area contributed by atoms with Gasteiger partial charge in [-0.1, -0.05) is 0 Å². The highest BCUT2D eigenvalue weighted by Gasteiger charge is 2.24. The van der Waals surface area contributed by atoms with Crippen LogP contribution in [0, 0.1) is 6.92 Å². The number of fused-ring (bicyclic) bond motifs is 1. The van der Waals surface area contributed by atoms with E-state index in [0.29, 0.717) is 12.0 Å². The molecule has 0 bridgehead atoms. The zero-order valence-electron chi connectivity index (χ0n) is 17.8. The lowest BCUT2D eigenvalue weighted by atomic mass is 9.93. The van der Waals surface area contributed by atoms with Crippen LogP contribution in [0.4, 0.5) is 11.6 Å². The van der Waals surface area contributed by atoms with E-state index in [9.17, 15) is 0 Å². The highest BCUT2D eigenvalue weighted by atomic mass is 16.5. The lowest BCUT2D eigenvalue weighted by Crippen LogP contribution is -2.36. The van der Waals surface area contributed by atoms with Crippen molar-refractivity contribution in [3.63, 3.8) is 0 Å². The summed E-state index contributed by atoms with van der Waals surface area (Å²) < 4.78 is 12.0. The first-order valence-corrected chi connectivity index (χ1v) is 11.0. The van der Waals surface area contributed by atoms with Crippen molar-refractivity contribution in [3.8, 4) is 5.75 Å². The first-order chi connectivity index (χ1) is 15.2. The van der Waals surface area contributed by atoms with E-state index in [0.717, 1.165) is 80.2 Å². The second-order valence-corrected chi connectivity index (χ2v) is 8.23. The Morgan fingerprint density at radius 3 is 2.58 bits per heavy atom. The standard InChI is InChI=1S/C23H28N6O2/c1-16-15-26-20-13-18(29-9-11-30-12-10-29)14-21(22(20)27-16)31-19-5-3-17(4-6-19)28-23-24-7-2-8-25-23/h2,7-8,13-15,17,19H,3-6,9-12H2,1H3,(H,24,25,28)/t17-,19+. The summed E-state index contributed by atoms with van der Waals surface area (Å²) in [6, 6.07) is 6.45. The summed E-state index contributed by atoms with van der Waals surface area (Å²) in [4.78, 5) is 20.2. The molecule has 8 heteroatoms. The minimum Gasteiger partial charge on any atom is -0.488 e. The van der Waals surface area contributed by atoms with Crippen molar-refractivity contribution in [2.24, 2.45) is 0 Å². The first kappa shape index (κ1) is 19.9. The smallest absolute Gasteiger partial charge is 0.222 e. The summed E-state index contributed by atoms with van der Waals surface area (Å²) in [5.74, 6) is 1.53. The van der Waals surface area contributed by atoms with E-state index >= 15 is 0 Å². The molecular weight excluding hydrogens is 392 g/mol. The highest BCUT2D eigenvalue weighted by molar-refractivity contribution is 5.85. The van der Waals surface area contributed by atoms with E-state index in [1.54, 1.807) is 12.4 Å². The second kappa shape index (κ2) is 9.01. The fourth-order valence-electron chi connectivity index (χ4n) is 4.31. The van der Waals surface area contributed by atoms with Gasteiger partial charge in [-0.3, -0.25) is 4.98 Å². The zero-order valence-corrected chi connectivity index (χ0v) is 17.8. The van der Waals surface area contributed by atoms with Gasteiger partial charge in [-0.2, -0.15) is 0 Å². The molecule has 0 radical (unpaired) electrons. The number of anilines is 2. The van der Waals surface area contributed by atoms with Crippen LogP contribution >= 0.6 is 0 Å². The number of ether oxygens (including phenoxy) is 2. The van der Waals surface area contributed by atoms with Crippen LogP contribution in [0.15, 0.2) is 36.8 Å². The van der Waals surface area contributed by atoms with Gasteiger partial charge in [0, 0.05) is 49.5 Å². The Hall–Kier alpha value is -3.00. The maximum absolute atomic E-state index is 6.53. The Bertz CT molecular complexity index is 1020. The quantitative estimate of drug-likeness (QED) is 0.673. The van der Waals surface area contributed by atoms with Crippen LogP contribution in [0.25, 0.3) is 11.0 Å². The number of morpholine rings is 1. The third-order valence-corrected chi connectivity index (χ3v) is 5.96. The number of aryl methyl sites for hydroxylation is 1. The van der Waals surface area contributed by atoms with Crippen LogP contribution in [0.5, 0.6) is 5.75 Å². The van der Waals surface area contributed by atoms with Crippen molar-refractivity contribution >= 4 is 22.7 Å². The summed E-state index contributed by atoms with van der Waals surface area (Å²) in [6.07, 6.45) is 9.51. The fraction of sp³-hybridized carbons (Fsp3) is 0.478. The first-order valence-electron chi connectivity index (χ1n) is 11.0. The zero-order chi connectivity index (χ0) is 21.0. The van der Waals surface area contributed by atoms with Crippen molar-refractivity contribution in [3.05, 3.63) is 42.5 Å². The Morgan fingerprint density at radius 1 is 1.03 bits per heavy atom. The molecule has 1 saturated heterocycles. The average Bonchev–Trinajstić information content (AvgIpc) is 2.82. The third-order valence-electron chi connectivity index (χ3n) is 5.96. The Labute approximate surface area is 182 Å². The van der Waals surface area contributed by atoms with Gasteiger partial charge in [0.15, 0.2) is 0 Å². The molecule has 0 amide bonds. The molecule has 2 fully saturated rings. The maximum Gasteiger partial charge on any atom is 0.222 e. The highest BCUT2D eigenvalue weighted by Crippen LogP contribution is 2.33. The summed E-state index contributed by atoms with van der Waals surface area (Å²) in [6.45, 7) is 5.21. The fourth-order valence-corrected chi connectivity index (χ4v) is 4.31. The molecule has 3 heterocycles. The molecule has 2 aromatic heterocycles. The molecule has 1 N–H and O–H groups in total.